The molecule has 19 heavy (non-hydrogen) atoms. The third kappa shape index (κ3) is 3.19. The van der Waals surface area contributed by atoms with Crippen molar-refractivity contribution in [1.82, 2.24) is 4.90 Å². The van der Waals surface area contributed by atoms with E-state index in [4.69, 9.17) is 0 Å². The van der Waals surface area contributed by atoms with Gasteiger partial charge < -0.3 is 0 Å². The summed E-state index contributed by atoms with van der Waals surface area (Å²) in [6.07, 6.45) is 2.35. The quantitative estimate of drug-likeness (QED) is 0.793. The van der Waals surface area contributed by atoms with Crippen molar-refractivity contribution in [1.29, 1.82) is 0 Å². The van der Waals surface area contributed by atoms with E-state index in [1.54, 1.807) is 17.4 Å². The Hall–Kier alpha value is -1.26. The Balaban J connectivity index is 1.74. The van der Waals surface area contributed by atoms with Gasteiger partial charge in [-0.2, -0.15) is 0 Å². The second-order valence-electron chi connectivity index (χ2n) is 4.95. The first-order chi connectivity index (χ1) is 9.22. The molecular weight excluding hydrogens is 264 g/mol. The highest BCUT2D eigenvalue weighted by molar-refractivity contribution is 7.09. The molecular formula is C15H15F2NS. The van der Waals surface area contributed by atoms with E-state index in [0.717, 1.165) is 12.6 Å². The molecule has 0 aliphatic heterocycles. The van der Waals surface area contributed by atoms with Gasteiger partial charge in [-0.3, -0.25) is 4.90 Å². The number of nitrogens with zero attached hydrogens (tertiary/aromatic N) is 1. The average Bonchev–Trinajstić information content (AvgIpc) is 3.10. The minimum Gasteiger partial charge on any atom is -0.291 e. The lowest BCUT2D eigenvalue weighted by atomic mass is 10.2. The topological polar surface area (TPSA) is 3.24 Å². The van der Waals surface area contributed by atoms with Crippen molar-refractivity contribution >= 4 is 11.3 Å². The molecule has 0 radical (unpaired) electrons. The fraction of sp³-hybridized carbons (Fsp3) is 0.333. The largest absolute Gasteiger partial charge is 0.291 e. The maximum Gasteiger partial charge on any atom is 0.130 e. The van der Waals surface area contributed by atoms with Crippen LogP contribution in [0.3, 0.4) is 0 Å². The van der Waals surface area contributed by atoms with Crippen molar-refractivity contribution in [2.45, 2.75) is 32.0 Å². The molecule has 1 aromatic heterocycles. The summed E-state index contributed by atoms with van der Waals surface area (Å²) in [4.78, 5) is 3.57. The highest BCUT2D eigenvalue weighted by atomic mass is 32.1. The Labute approximate surface area is 115 Å². The predicted octanol–water partition coefficient (Wildman–Crippen LogP) is 4.19. The van der Waals surface area contributed by atoms with Gasteiger partial charge in [-0.15, -0.1) is 11.3 Å². The summed E-state index contributed by atoms with van der Waals surface area (Å²) in [5.41, 5.74) is 0.574. The molecule has 0 spiro atoms. The lowest BCUT2D eigenvalue weighted by Crippen LogP contribution is -2.25. The third-order valence-corrected chi connectivity index (χ3v) is 4.25. The Morgan fingerprint density at radius 3 is 2.63 bits per heavy atom. The number of thiophene rings is 1. The summed E-state index contributed by atoms with van der Waals surface area (Å²) in [5.74, 6) is -0.964. The van der Waals surface area contributed by atoms with Gasteiger partial charge in [-0.25, -0.2) is 8.78 Å². The van der Waals surface area contributed by atoms with Crippen LogP contribution >= 0.6 is 11.3 Å². The molecule has 0 bridgehead atoms. The maximum atomic E-state index is 13.7. The molecule has 0 N–H and O–H groups in total. The van der Waals surface area contributed by atoms with Gasteiger partial charge in [0.15, 0.2) is 0 Å². The lowest BCUT2D eigenvalue weighted by molar-refractivity contribution is 0.244. The van der Waals surface area contributed by atoms with Gasteiger partial charge in [0.1, 0.15) is 11.6 Å². The number of rotatable bonds is 5. The summed E-state index contributed by atoms with van der Waals surface area (Å²) in [5, 5.41) is 2.05. The molecule has 3 rings (SSSR count). The van der Waals surface area contributed by atoms with Crippen LogP contribution in [0.25, 0.3) is 0 Å². The van der Waals surface area contributed by atoms with Crippen LogP contribution < -0.4 is 0 Å². The molecule has 4 heteroatoms. The minimum atomic E-state index is -0.516. The monoisotopic (exact) mass is 279 g/mol. The zero-order valence-electron chi connectivity index (χ0n) is 10.5. The second kappa shape index (κ2) is 5.39. The predicted molar refractivity (Wildman–Crippen MR) is 72.9 cm³/mol. The smallest absolute Gasteiger partial charge is 0.130 e. The highest BCUT2D eigenvalue weighted by Crippen LogP contribution is 2.31. The maximum absolute atomic E-state index is 13.7. The molecule has 2 aromatic rings. The van der Waals surface area contributed by atoms with Gasteiger partial charge in [0.25, 0.3) is 0 Å². The summed E-state index contributed by atoms with van der Waals surface area (Å²) >= 11 is 1.72. The lowest BCUT2D eigenvalue weighted by Gasteiger charge is -2.21. The molecule has 1 aliphatic carbocycles. The van der Waals surface area contributed by atoms with Gasteiger partial charge in [-0.1, -0.05) is 12.1 Å². The summed E-state index contributed by atoms with van der Waals surface area (Å²) < 4.78 is 26.6. The summed E-state index contributed by atoms with van der Waals surface area (Å²) in [6.45, 7) is 1.40. The Kier molecular flexibility index (Phi) is 3.62. The van der Waals surface area contributed by atoms with E-state index >= 15 is 0 Å². The van der Waals surface area contributed by atoms with E-state index in [0.29, 0.717) is 18.2 Å². The van der Waals surface area contributed by atoms with Crippen LogP contribution in [0.15, 0.2) is 35.7 Å². The molecule has 0 amide bonds. The zero-order valence-corrected chi connectivity index (χ0v) is 11.3. The van der Waals surface area contributed by atoms with Gasteiger partial charge in [-0.05, 0) is 30.4 Å². The van der Waals surface area contributed by atoms with Crippen LogP contribution in [0, 0.1) is 11.6 Å². The first-order valence-electron chi connectivity index (χ1n) is 6.43. The standard InChI is InChI=1S/C15H15F2NS/c16-12-4-3-11(15(17)8-12)9-18(13-5-6-13)10-14-2-1-7-19-14/h1-4,7-8,13H,5-6,9-10H2. The SMILES string of the molecule is Fc1ccc(CN(Cc2cccs2)C2CC2)c(F)c1. The third-order valence-electron chi connectivity index (χ3n) is 3.39. The molecule has 1 saturated carbocycles. The fourth-order valence-electron chi connectivity index (χ4n) is 2.23. The number of halogens is 2. The van der Waals surface area contributed by atoms with Crippen molar-refractivity contribution < 1.29 is 8.78 Å². The van der Waals surface area contributed by atoms with E-state index in [1.165, 1.54) is 23.8 Å². The van der Waals surface area contributed by atoms with E-state index in [-0.39, 0.29) is 0 Å². The Morgan fingerprint density at radius 1 is 1.16 bits per heavy atom. The zero-order chi connectivity index (χ0) is 13.2. The first-order valence-corrected chi connectivity index (χ1v) is 7.31. The van der Waals surface area contributed by atoms with E-state index in [1.807, 2.05) is 6.07 Å². The number of benzene rings is 1. The summed E-state index contributed by atoms with van der Waals surface area (Å²) in [6, 6.07) is 8.52. The fourth-order valence-corrected chi connectivity index (χ4v) is 2.95. The van der Waals surface area contributed by atoms with Gasteiger partial charge >= 0.3 is 0 Å². The molecule has 0 atom stereocenters. The van der Waals surface area contributed by atoms with Crippen LogP contribution in [0.1, 0.15) is 23.3 Å². The normalized spacial score (nSPS) is 15.1. The Morgan fingerprint density at radius 2 is 2.00 bits per heavy atom. The number of hydrogen-bond donors (Lipinski definition) is 0. The first kappa shape index (κ1) is 12.8. The minimum absolute atomic E-state index is 0.447. The van der Waals surface area contributed by atoms with E-state index < -0.39 is 11.6 Å². The molecule has 1 fully saturated rings. The van der Waals surface area contributed by atoms with Crippen molar-refractivity contribution in [2.75, 3.05) is 0 Å². The highest BCUT2D eigenvalue weighted by Gasteiger charge is 2.29. The van der Waals surface area contributed by atoms with Crippen molar-refractivity contribution in [2.24, 2.45) is 0 Å². The van der Waals surface area contributed by atoms with Gasteiger partial charge in [0.05, 0.1) is 0 Å². The second-order valence-corrected chi connectivity index (χ2v) is 5.98. The van der Waals surface area contributed by atoms with Crippen LogP contribution in [0.5, 0.6) is 0 Å². The van der Waals surface area contributed by atoms with Gasteiger partial charge in [0, 0.05) is 35.6 Å². The van der Waals surface area contributed by atoms with Crippen LogP contribution in [0.2, 0.25) is 0 Å². The van der Waals surface area contributed by atoms with Crippen molar-refractivity contribution in [3.8, 4) is 0 Å². The molecule has 0 saturated heterocycles. The van der Waals surface area contributed by atoms with E-state index in [9.17, 15) is 8.78 Å². The van der Waals surface area contributed by atoms with Crippen LogP contribution in [-0.2, 0) is 13.1 Å². The van der Waals surface area contributed by atoms with Gasteiger partial charge in [0.2, 0.25) is 0 Å². The molecule has 0 unspecified atom stereocenters. The number of hydrogen-bond acceptors (Lipinski definition) is 2. The molecule has 100 valence electrons. The summed E-state index contributed by atoms with van der Waals surface area (Å²) in [7, 11) is 0. The Bertz CT molecular complexity index is 549. The van der Waals surface area contributed by atoms with Crippen LogP contribution in [-0.4, -0.2) is 10.9 Å². The molecule has 1 heterocycles. The van der Waals surface area contributed by atoms with Crippen LogP contribution in [0.4, 0.5) is 8.78 Å². The average molecular weight is 279 g/mol. The molecule has 1 aromatic carbocycles. The molecule has 1 aliphatic rings. The molecule has 1 nitrogen and oxygen atoms in total. The van der Waals surface area contributed by atoms with Crippen molar-refractivity contribution in [3.63, 3.8) is 0 Å². The van der Waals surface area contributed by atoms with E-state index in [2.05, 4.69) is 16.3 Å². The van der Waals surface area contributed by atoms with Crippen molar-refractivity contribution in [3.05, 3.63) is 57.8 Å².